The molecule has 0 aliphatic carbocycles. The zero-order valence-electron chi connectivity index (χ0n) is 10.4. The van der Waals surface area contributed by atoms with Gasteiger partial charge in [-0.25, -0.2) is 4.39 Å². The second-order valence-corrected chi connectivity index (χ2v) is 4.43. The second kappa shape index (κ2) is 6.35. The number of halogens is 1. The zero-order chi connectivity index (χ0) is 12.8. The van der Waals surface area contributed by atoms with Crippen molar-refractivity contribution in [3.8, 4) is 0 Å². The van der Waals surface area contributed by atoms with E-state index >= 15 is 0 Å². The van der Waals surface area contributed by atoms with Crippen LogP contribution in [0.2, 0.25) is 0 Å². The van der Waals surface area contributed by atoms with Crippen LogP contribution < -0.4 is 5.73 Å². The van der Waals surface area contributed by atoms with Crippen molar-refractivity contribution in [1.29, 1.82) is 5.41 Å². The molecule has 0 heterocycles. The fraction of sp³-hybridized carbons (Fsp3) is 0.462. The maximum atomic E-state index is 13.5. The minimum atomic E-state index is -0.180. The van der Waals surface area contributed by atoms with Gasteiger partial charge in [0, 0.05) is 31.1 Å². The van der Waals surface area contributed by atoms with Crippen LogP contribution in [0, 0.1) is 11.2 Å². The Bertz CT molecular complexity index is 377. The van der Waals surface area contributed by atoms with E-state index in [1.54, 1.807) is 12.1 Å². The largest absolute Gasteiger partial charge is 0.388 e. The first-order valence-corrected chi connectivity index (χ1v) is 5.81. The van der Waals surface area contributed by atoms with E-state index in [-0.39, 0.29) is 11.7 Å². The molecule has 94 valence electrons. The number of nitrogens with one attached hydrogen (secondary N) is 1. The number of hydrogen-bond donors (Lipinski definition) is 2. The molecule has 0 aromatic heterocycles. The fourth-order valence-electron chi connectivity index (χ4n) is 1.63. The zero-order valence-corrected chi connectivity index (χ0v) is 10.4. The third kappa shape index (κ3) is 4.53. The first kappa shape index (κ1) is 13.6. The number of benzene rings is 1. The first-order valence-electron chi connectivity index (χ1n) is 5.81. The lowest BCUT2D eigenvalue weighted by Gasteiger charge is -2.26. The molecule has 0 unspecified atom stereocenters. The third-order valence-corrected chi connectivity index (χ3v) is 2.73. The van der Waals surface area contributed by atoms with E-state index in [0.29, 0.717) is 31.1 Å². The maximum absolute atomic E-state index is 13.5. The van der Waals surface area contributed by atoms with E-state index in [9.17, 15) is 4.39 Å². The van der Waals surface area contributed by atoms with Crippen molar-refractivity contribution in [3.05, 3.63) is 35.6 Å². The van der Waals surface area contributed by atoms with E-state index in [4.69, 9.17) is 11.1 Å². The van der Waals surface area contributed by atoms with Crippen molar-refractivity contribution >= 4 is 5.84 Å². The quantitative estimate of drug-likeness (QED) is 0.589. The van der Waals surface area contributed by atoms with Gasteiger partial charge < -0.3 is 5.73 Å². The summed E-state index contributed by atoms with van der Waals surface area (Å²) in [6.07, 6.45) is 0.520. The van der Waals surface area contributed by atoms with Gasteiger partial charge in [0.2, 0.25) is 0 Å². The lowest BCUT2D eigenvalue weighted by Crippen LogP contribution is -2.33. The highest BCUT2D eigenvalue weighted by Gasteiger charge is 2.12. The molecule has 0 saturated heterocycles. The molecular formula is C13H20FN3. The van der Waals surface area contributed by atoms with Crippen LogP contribution in [0.4, 0.5) is 4.39 Å². The highest BCUT2D eigenvalue weighted by atomic mass is 19.1. The number of rotatable bonds is 6. The van der Waals surface area contributed by atoms with Crippen molar-refractivity contribution in [2.45, 2.75) is 32.9 Å². The smallest absolute Gasteiger partial charge is 0.127 e. The Morgan fingerprint density at radius 3 is 2.59 bits per heavy atom. The molecule has 0 radical (unpaired) electrons. The molecule has 1 rings (SSSR count). The van der Waals surface area contributed by atoms with Gasteiger partial charge in [-0.2, -0.15) is 0 Å². The molecule has 4 heteroatoms. The van der Waals surface area contributed by atoms with Crippen LogP contribution in [-0.4, -0.2) is 23.3 Å². The Balaban J connectivity index is 2.67. The summed E-state index contributed by atoms with van der Waals surface area (Å²) in [5.41, 5.74) is 6.03. The summed E-state index contributed by atoms with van der Waals surface area (Å²) in [5.74, 6) is -0.00911. The third-order valence-electron chi connectivity index (χ3n) is 2.73. The van der Waals surface area contributed by atoms with Crippen LogP contribution in [0.25, 0.3) is 0 Å². The van der Waals surface area contributed by atoms with Gasteiger partial charge in [-0.15, -0.1) is 0 Å². The number of amidine groups is 1. The van der Waals surface area contributed by atoms with E-state index < -0.39 is 0 Å². The van der Waals surface area contributed by atoms with Crippen molar-refractivity contribution in [1.82, 2.24) is 4.90 Å². The molecule has 0 bridgehead atoms. The van der Waals surface area contributed by atoms with Crippen LogP contribution in [-0.2, 0) is 6.54 Å². The highest BCUT2D eigenvalue weighted by molar-refractivity contribution is 5.76. The number of nitrogens with two attached hydrogens (primary N) is 1. The fourth-order valence-corrected chi connectivity index (χ4v) is 1.63. The highest BCUT2D eigenvalue weighted by Crippen LogP contribution is 2.12. The lowest BCUT2D eigenvalue weighted by molar-refractivity contribution is 0.216. The molecule has 0 saturated carbocycles. The molecule has 3 nitrogen and oxygen atoms in total. The summed E-state index contributed by atoms with van der Waals surface area (Å²) in [5, 5.41) is 7.23. The summed E-state index contributed by atoms with van der Waals surface area (Å²) in [7, 11) is 0. The summed E-state index contributed by atoms with van der Waals surface area (Å²) in [6.45, 7) is 5.35. The monoisotopic (exact) mass is 237 g/mol. The van der Waals surface area contributed by atoms with Gasteiger partial charge in [0.05, 0.1) is 5.84 Å². The Kier molecular flexibility index (Phi) is 5.10. The predicted molar refractivity (Wildman–Crippen MR) is 68.5 cm³/mol. The standard InChI is InChI=1S/C13H20FN3/c1-10(2)17(8-7-13(15)16)9-11-5-3-4-6-12(11)14/h3-6,10H,7-9H2,1-2H3,(H3,15,16). The number of nitrogens with zero attached hydrogens (tertiary/aromatic N) is 1. The molecule has 0 amide bonds. The van der Waals surface area contributed by atoms with Crippen molar-refractivity contribution < 1.29 is 4.39 Å². The van der Waals surface area contributed by atoms with Crippen LogP contribution >= 0.6 is 0 Å². The Hall–Kier alpha value is -1.42. The normalized spacial score (nSPS) is 11.1. The van der Waals surface area contributed by atoms with E-state index in [1.165, 1.54) is 6.07 Å². The molecule has 0 atom stereocenters. The average Bonchev–Trinajstić information content (AvgIpc) is 2.25. The van der Waals surface area contributed by atoms with Gasteiger partial charge in [0.15, 0.2) is 0 Å². The lowest BCUT2D eigenvalue weighted by atomic mass is 10.1. The van der Waals surface area contributed by atoms with Crippen LogP contribution in [0.5, 0.6) is 0 Å². The van der Waals surface area contributed by atoms with Crippen LogP contribution in [0.1, 0.15) is 25.8 Å². The molecular weight excluding hydrogens is 217 g/mol. The van der Waals surface area contributed by atoms with Gasteiger partial charge in [0.1, 0.15) is 5.82 Å². The maximum Gasteiger partial charge on any atom is 0.127 e. The summed E-state index contributed by atoms with van der Waals surface area (Å²) in [6, 6.07) is 7.08. The van der Waals surface area contributed by atoms with Gasteiger partial charge in [0.25, 0.3) is 0 Å². The van der Waals surface area contributed by atoms with Gasteiger partial charge in [-0.3, -0.25) is 10.3 Å². The topological polar surface area (TPSA) is 53.1 Å². The molecule has 0 aliphatic heterocycles. The van der Waals surface area contributed by atoms with Gasteiger partial charge >= 0.3 is 0 Å². The summed E-state index contributed by atoms with van der Waals surface area (Å²) >= 11 is 0. The summed E-state index contributed by atoms with van der Waals surface area (Å²) < 4.78 is 13.5. The Morgan fingerprint density at radius 2 is 2.06 bits per heavy atom. The molecule has 0 spiro atoms. The molecule has 17 heavy (non-hydrogen) atoms. The minimum Gasteiger partial charge on any atom is -0.388 e. The van der Waals surface area contributed by atoms with Crippen LogP contribution in [0.3, 0.4) is 0 Å². The molecule has 0 aliphatic rings. The van der Waals surface area contributed by atoms with Gasteiger partial charge in [-0.05, 0) is 19.9 Å². The summed E-state index contributed by atoms with van der Waals surface area (Å²) in [4.78, 5) is 2.11. The van der Waals surface area contributed by atoms with Crippen molar-refractivity contribution in [3.63, 3.8) is 0 Å². The SMILES string of the molecule is CC(C)N(CCC(=N)N)Cc1ccccc1F. The molecule has 0 fully saturated rings. The van der Waals surface area contributed by atoms with Gasteiger partial charge in [-0.1, -0.05) is 18.2 Å². The van der Waals surface area contributed by atoms with E-state index in [2.05, 4.69) is 18.7 Å². The van der Waals surface area contributed by atoms with Crippen molar-refractivity contribution in [2.75, 3.05) is 6.54 Å². The first-order chi connectivity index (χ1) is 8.00. The van der Waals surface area contributed by atoms with E-state index in [0.717, 1.165) is 0 Å². The molecule has 1 aromatic rings. The number of hydrogen-bond acceptors (Lipinski definition) is 2. The average molecular weight is 237 g/mol. The minimum absolute atomic E-state index is 0.171. The second-order valence-electron chi connectivity index (χ2n) is 4.43. The van der Waals surface area contributed by atoms with Crippen LogP contribution in [0.15, 0.2) is 24.3 Å². The Labute approximate surface area is 102 Å². The Morgan fingerprint density at radius 1 is 1.41 bits per heavy atom. The molecule has 1 aromatic carbocycles. The van der Waals surface area contributed by atoms with E-state index in [1.807, 2.05) is 6.07 Å². The molecule has 3 N–H and O–H groups in total. The van der Waals surface area contributed by atoms with Crippen molar-refractivity contribution in [2.24, 2.45) is 5.73 Å². The predicted octanol–water partition coefficient (Wildman–Crippen LogP) is 2.36.